The normalized spacial score (nSPS) is 9.95. The number of hydrogen-bond donors (Lipinski definition) is 2. The minimum atomic E-state index is -0.264. The highest BCUT2D eigenvalue weighted by Gasteiger charge is 2.06. The van der Waals surface area contributed by atoms with Gasteiger partial charge in [-0.2, -0.15) is 0 Å². The van der Waals surface area contributed by atoms with Gasteiger partial charge in [0.1, 0.15) is 11.5 Å². The molecule has 2 aromatic carbocycles. The number of phenolic OH excluding ortho intramolecular Hbond substituents is 1. The summed E-state index contributed by atoms with van der Waals surface area (Å²) in [6.07, 6.45) is 0. The molecule has 2 rings (SSSR count). The number of benzene rings is 2. The molecule has 0 fully saturated rings. The molecule has 0 saturated carbocycles. The number of ether oxygens (including phenoxy) is 1. The summed E-state index contributed by atoms with van der Waals surface area (Å²) in [6, 6.07) is 13.3. The van der Waals surface area contributed by atoms with E-state index in [0.29, 0.717) is 17.9 Å². The van der Waals surface area contributed by atoms with E-state index >= 15 is 0 Å². The zero-order chi connectivity index (χ0) is 13.7. The maximum atomic E-state index is 11.9. The third-order valence-electron chi connectivity index (χ3n) is 2.53. The number of hydrogen-bond acceptors (Lipinski definition) is 3. The molecule has 0 unspecified atom stereocenters. The summed E-state index contributed by atoms with van der Waals surface area (Å²) in [7, 11) is 0. The van der Waals surface area contributed by atoms with Crippen LogP contribution in [-0.4, -0.2) is 17.6 Å². The van der Waals surface area contributed by atoms with E-state index in [9.17, 15) is 9.90 Å². The largest absolute Gasteiger partial charge is 0.508 e. The van der Waals surface area contributed by atoms with Crippen LogP contribution < -0.4 is 10.1 Å². The third-order valence-corrected chi connectivity index (χ3v) is 2.53. The Labute approximate surface area is 111 Å². The SMILES string of the molecule is CCOc1ccc(NC(=O)c2cccc(O)c2)cc1. The Bertz CT molecular complexity index is 564. The van der Waals surface area contributed by atoms with Crippen LogP contribution in [0.1, 0.15) is 17.3 Å². The predicted molar refractivity (Wildman–Crippen MR) is 73.7 cm³/mol. The molecule has 98 valence electrons. The standard InChI is InChI=1S/C15H15NO3/c1-2-19-14-8-6-12(7-9-14)16-15(18)11-4-3-5-13(17)10-11/h3-10,17H,2H2,1H3,(H,16,18). The van der Waals surface area contributed by atoms with Crippen molar-refractivity contribution in [2.75, 3.05) is 11.9 Å². The summed E-state index contributed by atoms with van der Waals surface area (Å²) in [5.74, 6) is 0.567. The lowest BCUT2D eigenvalue weighted by atomic mass is 10.2. The van der Waals surface area contributed by atoms with Gasteiger partial charge in [0, 0.05) is 11.3 Å². The number of aromatic hydroxyl groups is 1. The van der Waals surface area contributed by atoms with E-state index < -0.39 is 0 Å². The van der Waals surface area contributed by atoms with Crippen molar-refractivity contribution in [2.24, 2.45) is 0 Å². The first-order valence-corrected chi connectivity index (χ1v) is 6.02. The first-order chi connectivity index (χ1) is 9.19. The molecular formula is C15H15NO3. The van der Waals surface area contributed by atoms with E-state index in [2.05, 4.69) is 5.32 Å². The van der Waals surface area contributed by atoms with Gasteiger partial charge in [0.05, 0.1) is 6.61 Å². The van der Waals surface area contributed by atoms with Gasteiger partial charge in [0.25, 0.3) is 5.91 Å². The van der Waals surface area contributed by atoms with Gasteiger partial charge in [0.15, 0.2) is 0 Å². The average molecular weight is 257 g/mol. The highest BCUT2D eigenvalue weighted by Crippen LogP contribution is 2.17. The van der Waals surface area contributed by atoms with Crippen molar-refractivity contribution in [3.05, 3.63) is 54.1 Å². The van der Waals surface area contributed by atoms with Crippen LogP contribution in [0.3, 0.4) is 0 Å². The van der Waals surface area contributed by atoms with Crippen molar-refractivity contribution in [3.8, 4) is 11.5 Å². The Kier molecular flexibility index (Phi) is 4.03. The molecule has 19 heavy (non-hydrogen) atoms. The molecule has 2 N–H and O–H groups in total. The molecule has 0 bridgehead atoms. The number of rotatable bonds is 4. The minimum Gasteiger partial charge on any atom is -0.508 e. The van der Waals surface area contributed by atoms with E-state index in [0.717, 1.165) is 5.75 Å². The van der Waals surface area contributed by atoms with Crippen LogP contribution in [0.15, 0.2) is 48.5 Å². The molecule has 0 heterocycles. The highest BCUT2D eigenvalue weighted by atomic mass is 16.5. The molecule has 4 nitrogen and oxygen atoms in total. The first-order valence-electron chi connectivity index (χ1n) is 6.02. The molecule has 0 aliphatic rings. The Morgan fingerprint density at radius 3 is 2.58 bits per heavy atom. The topological polar surface area (TPSA) is 58.6 Å². The second-order valence-corrected chi connectivity index (χ2v) is 3.96. The second-order valence-electron chi connectivity index (χ2n) is 3.96. The molecule has 4 heteroatoms. The molecule has 0 radical (unpaired) electrons. The van der Waals surface area contributed by atoms with Gasteiger partial charge in [-0.1, -0.05) is 6.07 Å². The predicted octanol–water partition coefficient (Wildman–Crippen LogP) is 3.04. The van der Waals surface area contributed by atoms with Crippen molar-refractivity contribution in [1.82, 2.24) is 0 Å². The van der Waals surface area contributed by atoms with E-state index in [1.165, 1.54) is 12.1 Å². The monoisotopic (exact) mass is 257 g/mol. The first kappa shape index (κ1) is 13.0. The van der Waals surface area contributed by atoms with Gasteiger partial charge in [-0.05, 0) is 49.4 Å². The summed E-state index contributed by atoms with van der Waals surface area (Å²) < 4.78 is 5.32. The summed E-state index contributed by atoms with van der Waals surface area (Å²) in [5.41, 5.74) is 1.09. The van der Waals surface area contributed by atoms with E-state index in [4.69, 9.17) is 4.74 Å². The van der Waals surface area contributed by atoms with Crippen molar-refractivity contribution >= 4 is 11.6 Å². The van der Waals surface area contributed by atoms with E-state index in [-0.39, 0.29) is 11.7 Å². The lowest BCUT2D eigenvalue weighted by Gasteiger charge is -2.07. The molecule has 0 aliphatic carbocycles. The Hall–Kier alpha value is -2.49. The minimum absolute atomic E-state index is 0.0688. The summed E-state index contributed by atoms with van der Waals surface area (Å²) in [5, 5.41) is 12.1. The lowest BCUT2D eigenvalue weighted by Crippen LogP contribution is -2.11. The molecule has 0 aliphatic heterocycles. The van der Waals surface area contributed by atoms with Gasteiger partial charge in [-0.15, -0.1) is 0 Å². The summed E-state index contributed by atoms with van der Waals surface area (Å²) in [6.45, 7) is 2.52. The number of nitrogens with one attached hydrogen (secondary N) is 1. The van der Waals surface area contributed by atoms with Crippen LogP contribution in [0.25, 0.3) is 0 Å². The molecule has 0 saturated heterocycles. The van der Waals surface area contributed by atoms with E-state index in [1.54, 1.807) is 36.4 Å². The fraction of sp³-hybridized carbons (Fsp3) is 0.133. The van der Waals surface area contributed by atoms with Crippen LogP contribution in [0.4, 0.5) is 5.69 Å². The van der Waals surface area contributed by atoms with Gasteiger partial charge >= 0.3 is 0 Å². The van der Waals surface area contributed by atoms with Crippen molar-refractivity contribution < 1.29 is 14.6 Å². The molecule has 0 atom stereocenters. The lowest BCUT2D eigenvalue weighted by molar-refractivity contribution is 0.102. The Morgan fingerprint density at radius 1 is 1.21 bits per heavy atom. The van der Waals surface area contributed by atoms with Crippen molar-refractivity contribution in [3.63, 3.8) is 0 Å². The second kappa shape index (κ2) is 5.91. The Morgan fingerprint density at radius 2 is 1.95 bits per heavy atom. The molecular weight excluding hydrogens is 242 g/mol. The number of carbonyl (C=O) groups excluding carboxylic acids is 1. The maximum absolute atomic E-state index is 11.9. The van der Waals surface area contributed by atoms with Gasteiger partial charge < -0.3 is 15.2 Å². The zero-order valence-corrected chi connectivity index (χ0v) is 10.6. The van der Waals surface area contributed by atoms with Gasteiger partial charge in [0.2, 0.25) is 0 Å². The number of anilines is 1. The smallest absolute Gasteiger partial charge is 0.255 e. The van der Waals surface area contributed by atoms with E-state index in [1.807, 2.05) is 6.92 Å². The quantitative estimate of drug-likeness (QED) is 0.885. The fourth-order valence-corrected chi connectivity index (χ4v) is 1.65. The fourth-order valence-electron chi connectivity index (χ4n) is 1.65. The van der Waals surface area contributed by atoms with Crippen LogP contribution in [0.5, 0.6) is 11.5 Å². The van der Waals surface area contributed by atoms with Gasteiger partial charge in [-0.3, -0.25) is 4.79 Å². The number of phenols is 1. The van der Waals surface area contributed by atoms with Gasteiger partial charge in [-0.25, -0.2) is 0 Å². The maximum Gasteiger partial charge on any atom is 0.255 e. The number of carbonyl (C=O) groups is 1. The van der Waals surface area contributed by atoms with Crippen molar-refractivity contribution in [1.29, 1.82) is 0 Å². The molecule has 1 amide bonds. The third kappa shape index (κ3) is 3.48. The molecule has 0 aromatic heterocycles. The van der Waals surface area contributed by atoms with Crippen LogP contribution in [-0.2, 0) is 0 Å². The van der Waals surface area contributed by atoms with Crippen molar-refractivity contribution in [2.45, 2.75) is 6.92 Å². The van der Waals surface area contributed by atoms with Crippen LogP contribution in [0, 0.1) is 0 Å². The highest BCUT2D eigenvalue weighted by molar-refractivity contribution is 6.04. The summed E-state index contributed by atoms with van der Waals surface area (Å²) in [4.78, 5) is 11.9. The van der Waals surface area contributed by atoms with Crippen LogP contribution in [0.2, 0.25) is 0 Å². The average Bonchev–Trinajstić information content (AvgIpc) is 2.41. The zero-order valence-electron chi connectivity index (χ0n) is 10.6. The summed E-state index contributed by atoms with van der Waals surface area (Å²) >= 11 is 0. The molecule has 2 aromatic rings. The number of amides is 1. The van der Waals surface area contributed by atoms with Crippen LogP contribution >= 0.6 is 0 Å². The molecule has 0 spiro atoms. The Balaban J connectivity index is 2.06.